The van der Waals surface area contributed by atoms with Crippen molar-refractivity contribution in [2.45, 2.75) is 6.54 Å². The van der Waals surface area contributed by atoms with Crippen LogP contribution in [0.3, 0.4) is 0 Å². The molecule has 1 aliphatic rings. The highest BCUT2D eigenvalue weighted by molar-refractivity contribution is 7.22. The van der Waals surface area contributed by atoms with Crippen molar-refractivity contribution in [1.29, 1.82) is 0 Å². The van der Waals surface area contributed by atoms with Gasteiger partial charge in [0.2, 0.25) is 11.9 Å². The van der Waals surface area contributed by atoms with Gasteiger partial charge in [-0.3, -0.25) is 9.69 Å². The molecule has 1 aliphatic heterocycles. The molecule has 3 heterocycles. The minimum absolute atomic E-state index is 0.0165. The van der Waals surface area contributed by atoms with Crippen LogP contribution in [0, 0.1) is 0 Å². The fourth-order valence-electron chi connectivity index (χ4n) is 3.62. The van der Waals surface area contributed by atoms with E-state index in [4.69, 9.17) is 4.74 Å². The van der Waals surface area contributed by atoms with E-state index in [1.54, 1.807) is 23.3 Å². The Morgan fingerprint density at radius 1 is 1.18 bits per heavy atom. The molecule has 0 bridgehead atoms. The van der Waals surface area contributed by atoms with E-state index < -0.39 is 0 Å². The summed E-state index contributed by atoms with van der Waals surface area (Å²) in [5, 5.41) is 0.792. The van der Waals surface area contributed by atoms with Crippen molar-refractivity contribution >= 4 is 49.6 Å². The smallest absolute Gasteiger partial charge is 0.248 e. The summed E-state index contributed by atoms with van der Waals surface area (Å²) in [5.74, 6) is 1.49. The van der Waals surface area contributed by atoms with Gasteiger partial charge in [-0.05, 0) is 24.3 Å². The number of thiazole rings is 1. The first kappa shape index (κ1) is 17.0. The Bertz CT molecular complexity index is 1200. The number of benzene rings is 2. The number of methoxy groups -OCH3 is 1. The monoisotopic (exact) mass is 393 g/mol. The number of carbonyl (C=O) groups excluding carboxylic acids is 1. The lowest BCUT2D eigenvalue weighted by Gasteiger charge is -2.19. The number of hydrogen-bond donors (Lipinski definition) is 0. The number of fused-ring (bicyclic) bond motifs is 4. The molecule has 142 valence electrons. The van der Waals surface area contributed by atoms with Crippen molar-refractivity contribution in [3.63, 3.8) is 0 Å². The number of amides is 1. The van der Waals surface area contributed by atoms with Gasteiger partial charge < -0.3 is 14.2 Å². The molecule has 28 heavy (non-hydrogen) atoms. The number of anilines is 2. The molecule has 2 aromatic carbocycles. The molecule has 0 spiro atoms. The predicted molar refractivity (Wildman–Crippen MR) is 112 cm³/mol. The number of nitrogens with zero attached hydrogens (tertiary/aromatic N) is 5. The number of likely N-dealkylation sites (N-methyl/N-ethyl adjacent to an activating group) is 1. The van der Waals surface area contributed by atoms with Crippen molar-refractivity contribution in [3.8, 4) is 5.75 Å². The van der Waals surface area contributed by atoms with Gasteiger partial charge in [0.1, 0.15) is 11.3 Å². The van der Waals surface area contributed by atoms with Crippen LogP contribution >= 0.6 is 11.3 Å². The van der Waals surface area contributed by atoms with Crippen LogP contribution in [-0.2, 0) is 11.3 Å². The summed E-state index contributed by atoms with van der Waals surface area (Å²) in [6.45, 7) is 1.66. The third kappa shape index (κ3) is 2.60. The summed E-state index contributed by atoms with van der Waals surface area (Å²) in [4.78, 5) is 26.0. The van der Waals surface area contributed by atoms with E-state index in [2.05, 4.69) is 14.5 Å². The highest BCUT2D eigenvalue weighted by atomic mass is 32.1. The van der Waals surface area contributed by atoms with E-state index in [9.17, 15) is 4.79 Å². The molecule has 0 saturated carbocycles. The minimum atomic E-state index is 0.0165. The molecule has 0 saturated heterocycles. The number of para-hydroxylation sites is 3. The minimum Gasteiger partial charge on any atom is -0.494 e. The Labute approximate surface area is 165 Å². The van der Waals surface area contributed by atoms with E-state index in [1.165, 1.54) is 0 Å². The number of ether oxygens (including phenoxy) is 1. The van der Waals surface area contributed by atoms with Crippen molar-refractivity contribution in [2.75, 3.05) is 37.0 Å². The lowest BCUT2D eigenvalue weighted by atomic mass is 10.3. The highest BCUT2D eigenvalue weighted by Crippen LogP contribution is 2.34. The number of hydrogen-bond acceptors (Lipinski definition) is 6. The molecular weight excluding hydrogens is 374 g/mol. The van der Waals surface area contributed by atoms with Crippen LogP contribution < -0.4 is 14.5 Å². The van der Waals surface area contributed by atoms with Crippen LogP contribution in [0.15, 0.2) is 42.5 Å². The average Bonchev–Trinajstić information content (AvgIpc) is 3.40. The van der Waals surface area contributed by atoms with Crippen LogP contribution in [-0.4, -0.2) is 47.7 Å². The van der Waals surface area contributed by atoms with E-state index in [-0.39, 0.29) is 12.5 Å². The van der Waals surface area contributed by atoms with E-state index in [0.29, 0.717) is 6.54 Å². The maximum Gasteiger partial charge on any atom is 0.248 e. The molecule has 0 fully saturated rings. The van der Waals surface area contributed by atoms with Gasteiger partial charge in [0.05, 0.1) is 29.4 Å². The Morgan fingerprint density at radius 2 is 2.04 bits per heavy atom. The molecule has 4 aromatic rings. The van der Waals surface area contributed by atoms with Gasteiger partial charge in [-0.15, -0.1) is 0 Å². The first-order chi connectivity index (χ1) is 13.7. The second kappa shape index (κ2) is 6.49. The molecule has 8 heteroatoms. The fraction of sp³-hybridized carbons (Fsp3) is 0.250. The van der Waals surface area contributed by atoms with Crippen LogP contribution in [0.2, 0.25) is 0 Å². The third-order valence-corrected chi connectivity index (χ3v) is 6.15. The maximum atomic E-state index is 13.0. The highest BCUT2D eigenvalue weighted by Gasteiger charge is 2.29. The van der Waals surface area contributed by atoms with Crippen LogP contribution in [0.5, 0.6) is 5.75 Å². The molecule has 0 N–H and O–H groups in total. The third-order valence-electron chi connectivity index (χ3n) is 5.01. The molecule has 2 aromatic heterocycles. The van der Waals surface area contributed by atoms with Gasteiger partial charge in [0, 0.05) is 20.1 Å². The maximum absolute atomic E-state index is 13.0. The average molecular weight is 393 g/mol. The molecule has 0 unspecified atom stereocenters. The molecule has 7 nitrogen and oxygen atoms in total. The molecular formula is C20H19N5O2S. The molecule has 0 radical (unpaired) electrons. The number of carbonyl (C=O) groups is 1. The quantitative estimate of drug-likeness (QED) is 0.533. The molecule has 1 amide bonds. The van der Waals surface area contributed by atoms with Crippen LogP contribution in [0.1, 0.15) is 0 Å². The lowest BCUT2D eigenvalue weighted by molar-refractivity contribution is -0.117. The van der Waals surface area contributed by atoms with Crippen molar-refractivity contribution in [2.24, 2.45) is 0 Å². The van der Waals surface area contributed by atoms with Crippen molar-refractivity contribution < 1.29 is 9.53 Å². The molecule has 5 rings (SSSR count). The Hall–Kier alpha value is -3.13. The molecule has 0 atom stereocenters. The van der Waals surface area contributed by atoms with Gasteiger partial charge in [-0.1, -0.05) is 29.5 Å². The number of imidazole rings is 1. The summed E-state index contributed by atoms with van der Waals surface area (Å²) in [6, 6.07) is 13.8. The summed E-state index contributed by atoms with van der Waals surface area (Å²) < 4.78 is 8.54. The second-order valence-electron chi connectivity index (χ2n) is 6.76. The van der Waals surface area contributed by atoms with Crippen LogP contribution in [0.25, 0.3) is 21.3 Å². The van der Waals surface area contributed by atoms with Gasteiger partial charge in [0.25, 0.3) is 0 Å². The topological polar surface area (TPSA) is 63.5 Å². The van der Waals surface area contributed by atoms with Gasteiger partial charge in [-0.25, -0.2) is 9.97 Å². The standard InChI is InChI=1S/C20H19N5O2S/c1-23(20-22-18-15(27-2)8-5-9-16(18)28-20)12-17(26)25-11-10-24-14-7-4-3-6-13(14)21-19(24)25/h3-9H,10-12H2,1-2H3. The lowest BCUT2D eigenvalue weighted by Crippen LogP contribution is -2.38. The largest absolute Gasteiger partial charge is 0.494 e. The molecule has 0 aliphatic carbocycles. The SMILES string of the molecule is COc1cccc2sc(N(C)CC(=O)N3CCn4c3nc3ccccc34)nc12. The Balaban J connectivity index is 1.39. The Kier molecular flexibility index (Phi) is 3.94. The zero-order valence-electron chi connectivity index (χ0n) is 15.6. The van der Waals surface area contributed by atoms with E-state index in [0.717, 1.165) is 44.6 Å². The first-order valence-electron chi connectivity index (χ1n) is 9.06. The zero-order chi connectivity index (χ0) is 19.3. The zero-order valence-corrected chi connectivity index (χ0v) is 16.4. The first-order valence-corrected chi connectivity index (χ1v) is 9.87. The number of rotatable bonds is 4. The van der Waals surface area contributed by atoms with E-state index >= 15 is 0 Å². The van der Waals surface area contributed by atoms with E-state index in [1.807, 2.05) is 54.4 Å². The summed E-state index contributed by atoms with van der Waals surface area (Å²) in [5.41, 5.74) is 2.81. The van der Waals surface area contributed by atoms with Gasteiger partial charge >= 0.3 is 0 Å². The Morgan fingerprint density at radius 3 is 2.89 bits per heavy atom. The van der Waals surface area contributed by atoms with Gasteiger partial charge in [-0.2, -0.15) is 0 Å². The van der Waals surface area contributed by atoms with Gasteiger partial charge in [0.15, 0.2) is 5.13 Å². The predicted octanol–water partition coefficient (Wildman–Crippen LogP) is 3.14. The number of aromatic nitrogens is 3. The fourth-order valence-corrected chi connectivity index (χ4v) is 4.56. The van der Waals surface area contributed by atoms with Crippen molar-refractivity contribution in [3.05, 3.63) is 42.5 Å². The second-order valence-corrected chi connectivity index (χ2v) is 7.77. The summed E-state index contributed by atoms with van der Waals surface area (Å²) in [6.07, 6.45) is 0. The summed E-state index contributed by atoms with van der Waals surface area (Å²) in [7, 11) is 3.53. The summed E-state index contributed by atoms with van der Waals surface area (Å²) >= 11 is 1.55. The van der Waals surface area contributed by atoms with Crippen LogP contribution in [0.4, 0.5) is 11.1 Å². The van der Waals surface area contributed by atoms with Crippen molar-refractivity contribution in [1.82, 2.24) is 14.5 Å². The normalized spacial score (nSPS) is 13.3.